The Kier molecular flexibility index (Phi) is 6.41. The molecule has 1 aromatic heterocycles. The zero-order valence-corrected chi connectivity index (χ0v) is 17.5. The van der Waals surface area contributed by atoms with Crippen molar-refractivity contribution in [1.29, 1.82) is 5.26 Å². The molecule has 0 saturated heterocycles. The van der Waals surface area contributed by atoms with Crippen molar-refractivity contribution in [1.82, 2.24) is 14.9 Å². The van der Waals surface area contributed by atoms with Crippen LogP contribution in [0, 0.1) is 18.3 Å². The Morgan fingerprint density at radius 2 is 2.03 bits per heavy atom. The lowest BCUT2D eigenvalue weighted by atomic mass is 9.99. The van der Waals surface area contributed by atoms with Crippen molar-refractivity contribution in [3.8, 4) is 6.07 Å². The van der Waals surface area contributed by atoms with Gasteiger partial charge in [-0.1, -0.05) is 54.5 Å². The van der Waals surface area contributed by atoms with E-state index in [1.807, 2.05) is 36.8 Å². The molecule has 1 aliphatic carbocycles. The largest absolute Gasteiger partial charge is 0.329 e. The van der Waals surface area contributed by atoms with Gasteiger partial charge in [0.2, 0.25) is 0 Å². The number of nitrogens with one attached hydrogen (secondary N) is 1. The second-order valence-electron chi connectivity index (χ2n) is 8.12. The maximum atomic E-state index is 8.97. The number of allylic oxidation sites excluding steroid dienone is 1. The first kappa shape index (κ1) is 20.1. The van der Waals surface area contributed by atoms with Crippen LogP contribution in [0.5, 0.6) is 0 Å². The Morgan fingerprint density at radius 3 is 2.83 bits per heavy atom. The molecule has 0 bridgehead atoms. The number of aryl methyl sites for hydroxylation is 1. The van der Waals surface area contributed by atoms with Gasteiger partial charge in [0.05, 0.1) is 23.7 Å². The van der Waals surface area contributed by atoms with Crippen LogP contribution in [0.25, 0.3) is 5.57 Å². The summed E-state index contributed by atoms with van der Waals surface area (Å²) in [5, 5.41) is 12.7. The Bertz CT molecular complexity index is 1050. The van der Waals surface area contributed by atoms with E-state index in [0.29, 0.717) is 11.6 Å². The molecule has 1 atom stereocenters. The molecule has 2 aromatic carbocycles. The van der Waals surface area contributed by atoms with E-state index in [1.54, 1.807) is 0 Å². The number of aromatic nitrogens is 2. The van der Waals surface area contributed by atoms with Gasteiger partial charge in [-0.2, -0.15) is 5.26 Å². The molecule has 0 spiro atoms. The summed E-state index contributed by atoms with van der Waals surface area (Å²) in [5.74, 6) is 0. The first-order valence-corrected chi connectivity index (χ1v) is 10.7. The van der Waals surface area contributed by atoms with E-state index in [1.165, 1.54) is 47.2 Å². The topological polar surface area (TPSA) is 53.6 Å². The highest BCUT2D eigenvalue weighted by molar-refractivity contribution is 5.67. The standard InChI is InChI=1S/C26H28N4/c1-20-5-4-7-23(13-20)24-6-2-3-8-25(14-24)29-17-26-16-28-19-30(26)18-22-11-9-21(15-27)10-12-22/h4-5,7,9-14,16,19,25,29H,2-3,6,8,17-18H2,1H3. The molecule has 30 heavy (non-hydrogen) atoms. The molecule has 0 amide bonds. The molecule has 1 aliphatic rings. The number of imidazole rings is 1. The minimum Gasteiger partial charge on any atom is -0.329 e. The van der Waals surface area contributed by atoms with Crippen molar-refractivity contribution in [3.63, 3.8) is 0 Å². The second-order valence-corrected chi connectivity index (χ2v) is 8.12. The van der Waals surface area contributed by atoms with Crippen molar-refractivity contribution in [2.24, 2.45) is 0 Å². The molecule has 1 unspecified atom stereocenters. The lowest BCUT2D eigenvalue weighted by Gasteiger charge is -2.16. The molecule has 0 saturated carbocycles. The van der Waals surface area contributed by atoms with Gasteiger partial charge in [-0.15, -0.1) is 0 Å². The third-order valence-electron chi connectivity index (χ3n) is 5.78. The maximum Gasteiger partial charge on any atom is 0.0991 e. The average molecular weight is 397 g/mol. The van der Waals surface area contributed by atoms with Gasteiger partial charge in [-0.3, -0.25) is 0 Å². The molecule has 0 radical (unpaired) electrons. The van der Waals surface area contributed by atoms with Crippen LogP contribution < -0.4 is 5.32 Å². The van der Waals surface area contributed by atoms with Crippen LogP contribution in [0.2, 0.25) is 0 Å². The molecule has 4 nitrogen and oxygen atoms in total. The van der Waals surface area contributed by atoms with Gasteiger partial charge >= 0.3 is 0 Å². The smallest absolute Gasteiger partial charge is 0.0991 e. The highest BCUT2D eigenvalue weighted by Gasteiger charge is 2.14. The van der Waals surface area contributed by atoms with Gasteiger partial charge < -0.3 is 9.88 Å². The predicted molar refractivity (Wildman–Crippen MR) is 121 cm³/mol. The van der Waals surface area contributed by atoms with E-state index in [0.717, 1.165) is 19.5 Å². The summed E-state index contributed by atoms with van der Waals surface area (Å²) in [6.45, 7) is 3.71. The summed E-state index contributed by atoms with van der Waals surface area (Å²) in [5.41, 5.74) is 7.16. The molecular formula is C26H28N4. The van der Waals surface area contributed by atoms with E-state index < -0.39 is 0 Å². The molecule has 4 heteroatoms. The third-order valence-corrected chi connectivity index (χ3v) is 5.78. The summed E-state index contributed by atoms with van der Waals surface area (Å²) in [7, 11) is 0. The van der Waals surface area contributed by atoms with Crippen LogP contribution in [0.1, 0.15) is 53.6 Å². The van der Waals surface area contributed by atoms with E-state index in [4.69, 9.17) is 5.26 Å². The van der Waals surface area contributed by atoms with Crippen LogP contribution in [0.4, 0.5) is 0 Å². The molecule has 0 fully saturated rings. The van der Waals surface area contributed by atoms with Crippen molar-refractivity contribution >= 4 is 5.57 Å². The normalized spacial score (nSPS) is 16.5. The zero-order chi connectivity index (χ0) is 20.8. The first-order valence-electron chi connectivity index (χ1n) is 10.7. The fraction of sp³-hybridized carbons (Fsp3) is 0.308. The van der Waals surface area contributed by atoms with Gasteiger partial charge in [-0.25, -0.2) is 4.98 Å². The van der Waals surface area contributed by atoms with Crippen molar-refractivity contribution < 1.29 is 0 Å². The summed E-state index contributed by atoms with van der Waals surface area (Å²) >= 11 is 0. The van der Waals surface area contributed by atoms with E-state index in [-0.39, 0.29) is 0 Å². The van der Waals surface area contributed by atoms with E-state index in [9.17, 15) is 0 Å². The molecule has 0 aliphatic heterocycles. The van der Waals surface area contributed by atoms with Crippen molar-refractivity contribution in [2.45, 2.75) is 51.7 Å². The molecule has 152 valence electrons. The summed E-state index contributed by atoms with van der Waals surface area (Å²) in [6, 6.07) is 19.1. The summed E-state index contributed by atoms with van der Waals surface area (Å²) in [6.07, 6.45) is 11.1. The Labute approximate surface area is 178 Å². The fourth-order valence-corrected chi connectivity index (χ4v) is 4.09. The highest BCUT2D eigenvalue weighted by atomic mass is 15.1. The number of rotatable bonds is 6. The van der Waals surface area contributed by atoms with Crippen molar-refractivity contribution in [2.75, 3.05) is 0 Å². The number of hydrogen-bond acceptors (Lipinski definition) is 3. The lowest BCUT2D eigenvalue weighted by molar-refractivity contribution is 0.525. The summed E-state index contributed by atoms with van der Waals surface area (Å²) < 4.78 is 2.18. The molecular weight excluding hydrogens is 368 g/mol. The van der Waals surface area contributed by atoms with Gasteiger partial charge in [-0.05, 0) is 55.0 Å². The number of hydrogen-bond donors (Lipinski definition) is 1. The minimum absolute atomic E-state index is 0.376. The predicted octanol–water partition coefficient (Wildman–Crippen LogP) is 5.23. The minimum atomic E-state index is 0.376. The maximum absolute atomic E-state index is 8.97. The molecule has 3 aromatic rings. The SMILES string of the molecule is Cc1cccc(C2=CC(NCc3cncn3Cc3ccc(C#N)cc3)CCCC2)c1. The Balaban J connectivity index is 1.43. The number of nitrogens with zero attached hydrogens (tertiary/aromatic N) is 3. The van der Waals surface area contributed by atoms with Crippen LogP contribution in [0.15, 0.2) is 67.1 Å². The molecule has 1 N–H and O–H groups in total. The monoisotopic (exact) mass is 396 g/mol. The lowest BCUT2D eigenvalue weighted by Crippen LogP contribution is -2.27. The van der Waals surface area contributed by atoms with Crippen LogP contribution >= 0.6 is 0 Å². The number of benzene rings is 2. The highest BCUT2D eigenvalue weighted by Crippen LogP contribution is 2.27. The Morgan fingerprint density at radius 1 is 1.17 bits per heavy atom. The zero-order valence-electron chi connectivity index (χ0n) is 17.5. The van der Waals surface area contributed by atoms with Crippen molar-refractivity contribution in [3.05, 3.63) is 95.1 Å². The average Bonchev–Trinajstić information content (AvgIpc) is 3.06. The Hall–Kier alpha value is -3.16. The van der Waals surface area contributed by atoms with Gasteiger partial charge in [0.25, 0.3) is 0 Å². The van der Waals surface area contributed by atoms with Crippen LogP contribution in [-0.2, 0) is 13.1 Å². The first-order chi connectivity index (χ1) is 14.7. The number of nitriles is 1. The summed E-state index contributed by atoms with van der Waals surface area (Å²) in [4.78, 5) is 4.36. The third kappa shape index (κ3) is 5.06. The molecule has 4 rings (SSSR count). The van der Waals surface area contributed by atoms with Crippen LogP contribution in [0.3, 0.4) is 0 Å². The van der Waals surface area contributed by atoms with Gasteiger partial charge in [0.15, 0.2) is 0 Å². The van der Waals surface area contributed by atoms with E-state index >= 15 is 0 Å². The van der Waals surface area contributed by atoms with Gasteiger partial charge in [0, 0.05) is 25.3 Å². The second kappa shape index (κ2) is 9.56. The van der Waals surface area contributed by atoms with E-state index in [2.05, 4.69) is 58.2 Å². The van der Waals surface area contributed by atoms with Crippen LogP contribution in [-0.4, -0.2) is 15.6 Å². The quantitative estimate of drug-likeness (QED) is 0.621. The van der Waals surface area contributed by atoms with Gasteiger partial charge in [0.1, 0.15) is 0 Å². The fourth-order valence-electron chi connectivity index (χ4n) is 4.09. The molecule has 1 heterocycles.